The molecule has 0 amide bonds. The summed E-state index contributed by atoms with van der Waals surface area (Å²) in [6.45, 7) is 9.77. The molecule has 1 unspecified atom stereocenters. The van der Waals surface area contributed by atoms with Crippen LogP contribution >= 0.6 is 0 Å². The average molecular weight is 420 g/mol. The Hall–Kier alpha value is -3.61. The van der Waals surface area contributed by atoms with Gasteiger partial charge in [-0.2, -0.15) is 5.10 Å². The summed E-state index contributed by atoms with van der Waals surface area (Å²) in [7, 11) is 1.77. The number of anilines is 1. The van der Waals surface area contributed by atoms with Gasteiger partial charge in [0.15, 0.2) is 0 Å². The minimum absolute atomic E-state index is 0.0683. The molecular weight excluding hydrogens is 390 g/mol. The number of hydrogen-bond donors (Lipinski definition) is 2. The van der Waals surface area contributed by atoms with E-state index in [1.807, 2.05) is 71.1 Å². The van der Waals surface area contributed by atoms with Gasteiger partial charge in [0.25, 0.3) is 0 Å². The van der Waals surface area contributed by atoms with Gasteiger partial charge in [0.2, 0.25) is 11.7 Å². The molecular formula is C24H29N5O2. The zero-order valence-corrected chi connectivity index (χ0v) is 18.9. The molecule has 0 aliphatic rings. The lowest BCUT2D eigenvalue weighted by molar-refractivity contribution is 0.103. The molecule has 7 nitrogen and oxygen atoms in total. The predicted molar refractivity (Wildman–Crippen MR) is 124 cm³/mol. The minimum atomic E-state index is -0.125. The third kappa shape index (κ3) is 4.60. The fourth-order valence-corrected chi connectivity index (χ4v) is 3.44. The number of aryl methyl sites for hydroxylation is 2. The fourth-order valence-electron chi connectivity index (χ4n) is 3.44. The maximum atomic E-state index is 13.2. The lowest BCUT2D eigenvalue weighted by atomic mass is 10.1. The van der Waals surface area contributed by atoms with Gasteiger partial charge in [-0.25, -0.2) is 9.67 Å². The number of allylic oxidation sites excluding steroid dienone is 2. The summed E-state index contributed by atoms with van der Waals surface area (Å²) in [4.78, 5) is 20.8. The quantitative estimate of drug-likeness (QED) is 0.402. The highest BCUT2D eigenvalue weighted by Gasteiger charge is 2.22. The van der Waals surface area contributed by atoms with E-state index in [9.17, 15) is 4.79 Å². The Morgan fingerprint density at radius 2 is 2.00 bits per heavy atom. The van der Waals surface area contributed by atoms with E-state index in [4.69, 9.17) is 4.74 Å². The van der Waals surface area contributed by atoms with Gasteiger partial charge in [0.1, 0.15) is 11.9 Å². The normalized spacial score (nSPS) is 12.6. The first-order valence-corrected chi connectivity index (χ1v) is 10.3. The number of pyridine rings is 1. The van der Waals surface area contributed by atoms with E-state index in [0.29, 0.717) is 23.0 Å². The van der Waals surface area contributed by atoms with Crippen LogP contribution in [0.25, 0.3) is 11.8 Å². The maximum absolute atomic E-state index is 13.2. The van der Waals surface area contributed by atoms with Crippen molar-refractivity contribution in [3.8, 4) is 11.6 Å². The zero-order valence-electron chi connectivity index (χ0n) is 18.9. The third-order valence-electron chi connectivity index (χ3n) is 4.95. The van der Waals surface area contributed by atoms with Crippen molar-refractivity contribution in [1.29, 1.82) is 0 Å². The van der Waals surface area contributed by atoms with Crippen molar-refractivity contribution in [3.63, 3.8) is 0 Å². The Bertz CT molecular complexity index is 1140. The highest BCUT2D eigenvalue weighted by Crippen LogP contribution is 2.26. The molecule has 7 heteroatoms. The van der Waals surface area contributed by atoms with Crippen LogP contribution < -0.4 is 10.1 Å². The number of nitrogens with zero attached hydrogens (tertiary/aromatic N) is 3. The monoisotopic (exact) mass is 419 g/mol. The molecule has 3 rings (SSSR count). The van der Waals surface area contributed by atoms with Crippen molar-refractivity contribution in [1.82, 2.24) is 19.7 Å². The number of aromatic nitrogens is 4. The molecule has 0 aromatic carbocycles. The number of rotatable bonds is 8. The molecule has 31 heavy (non-hydrogen) atoms. The largest absolute Gasteiger partial charge is 0.470 e. The van der Waals surface area contributed by atoms with Crippen LogP contribution in [0.4, 0.5) is 5.82 Å². The van der Waals surface area contributed by atoms with E-state index in [-0.39, 0.29) is 11.9 Å². The number of carbonyl (C=O) groups excluding carboxylic acids is 1. The van der Waals surface area contributed by atoms with Gasteiger partial charge >= 0.3 is 0 Å². The molecule has 0 saturated carbocycles. The van der Waals surface area contributed by atoms with Crippen molar-refractivity contribution in [2.24, 2.45) is 0 Å². The Morgan fingerprint density at radius 3 is 2.65 bits per heavy atom. The molecule has 3 aromatic rings. The molecule has 0 bridgehead atoms. The molecule has 0 aliphatic carbocycles. The molecule has 0 fully saturated rings. The first-order valence-electron chi connectivity index (χ1n) is 10.3. The molecule has 2 N–H and O–H groups in total. The topological polar surface area (TPSA) is 84.8 Å². The predicted octanol–water partition coefficient (Wildman–Crippen LogP) is 4.86. The lowest BCUT2D eigenvalue weighted by Gasteiger charge is -2.14. The zero-order chi connectivity index (χ0) is 22.5. The second-order valence-corrected chi connectivity index (χ2v) is 7.32. The van der Waals surface area contributed by atoms with Crippen LogP contribution in [0, 0.1) is 13.8 Å². The fraction of sp³-hybridized carbons (Fsp3) is 0.292. The smallest absolute Gasteiger partial charge is 0.214 e. The lowest BCUT2D eigenvalue weighted by Crippen LogP contribution is -2.11. The average Bonchev–Trinajstić information content (AvgIpc) is 3.31. The summed E-state index contributed by atoms with van der Waals surface area (Å²) < 4.78 is 7.50. The van der Waals surface area contributed by atoms with Crippen LogP contribution in [0.5, 0.6) is 5.88 Å². The number of carbonyl (C=O) groups is 1. The highest BCUT2D eigenvalue weighted by molar-refractivity contribution is 6.11. The van der Waals surface area contributed by atoms with Crippen molar-refractivity contribution in [3.05, 3.63) is 70.8 Å². The van der Waals surface area contributed by atoms with Crippen molar-refractivity contribution < 1.29 is 9.53 Å². The van der Waals surface area contributed by atoms with Gasteiger partial charge in [0.05, 0.1) is 29.3 Å². The Balaban J connectivity index is 1.94. The van der Waals surface area contributed by atoms with Crippen LogP contribution in [0.3, 0.4) is 0 Å². The molecule has 3 heterocycles. The number of hydrogen-bond acceptors (Lipinski definition) is 5. The van der Waals surface area contributed by atoms with Crippen LogP contribution in [-0.2, 0) is 0 Å². The Morgan fingerprint density at radius 1 is 1.23 bits per heavy atom. The Kier molecular flexibility index (Phi) is 6.74. The summed E-state index contributed by atoms with van der Waals surface area (Å²) in [6, 6.07) is 3.73. The van der Waals surface area contributed by atoms with E-state index < -0.39 is 0 Å². The molecule has 3 aromatic heterocycles. The SMILES string of the molecule is C/C=C\C(C)Oc1cc(C)c(-n2ncc(C(=O)c3cc(/C=C/C)c(C)[nH]3)c2NC)cn1. The summed E-state index contributed by atoms with van der Waals surface area (Å²) in [5.41, 5.74) is 4.65. The summed E-state index contributed by atoms with van der Waals surface area (Å²) in [5, 5.41) is 7.58. The number of ether oxygens (including phenoxy) is 1. The maximum Gasteiger partial charge on any atom is 0.214 e. The molecule has 0 spiro atoms. The van der Waals surface area contributed by atoms with Gasteiger partial charge in [-0.3, -0.25) is 4.79 Å². The summed E-state index contributed by atoms with van der Waals surface area (Å²) in [5.74, 6) is 1.02. The van der Waals surface area contributed by atoms with E-state index in [1.54, 1.807) is 24.1 Å². The van der Waals surface area contributed by atoms with Crippen molar-refractivity contribution in [2.45, 2.75) is 40.7 Å². The second kappa shape index (κ2) is 9.47. The van der Waals surface area contributed by atoms with Crippen LogP contribution in [0.15, 0.2) is 42.8 Å². The van der Waals surface area contributed by atoms with Crippen LogP contribution in [0.1, 0.15) is 53.6 Å². The van der Waals surface area contributed by atoms with E-state index >= 15 is 0 Å². The first-order chi connectivity index (χ1) is 14.9. The number of nitrogens with one attached hydrogen (secondary N) is 2. The highest BCUT2D eigenvalue weighted by atomic mass is 16.5. The molecule has 0 saturated heterocycles. The first kappa shape index (κ1) is 22.1. The second-order valence-electron chi connectivity index (χ2n) is 7.32. The molecule has 0 radical (unpaired) electrons. The van der Waals surface area contributed by atoms with Crippen molar-refractivity contribution >= 4 is 17.7 Å². The van der Waals surface area contributed by atoms with Gasteiger partial charge < -0.3 is 15.0 Å². The number of aromatic amines is 1. The standard InChI is InChI=1S/C24H29N5O2/c1-7-9-16(4)31-22-11-15(3)21(14-26-22)29-24(25-6)19(13-27-29)23(30)20-12-18(10-8-2)17(5)28-20/h7-14,16,25,28H,1-6H3/b9-7-,10-8+. The molecule has 0 aliphatic heterocycles. The van der Waals surface area contributed by atoms with Crippen LogP contribution in [-0.4, -0.2) is 38.7 Å². The van der Waals surface area contributed by atoms with Crippen LogP contribution in [0.2, 0.25) is 0 Å². The Labute approximate surface area is 182 Å². The van der Waals surface area contributed by atoms with E-state index in [1.165, 1.54) is 0 Å². The molecule has 162 valence electrons. The van der Waals surface area contributed by atoms with Gasteiger partial charge in [0, 0.05) is 18.8 Å². The van der Waals surface area contributed by atoms with Gasteiger partial charge in [-0.1, -0.05) is 18.2 Å². The van der Waals surface area contributed by atoms with E-state index in [2.05, 4.69) is 20.4 Å². The van der Waals surface area contributed by atoms with Gasteiger partial charge in [-0.15, -0.1) is 0 Å². The summed E-state index contributed by atoms with van der Waals surface area (Å²) in [6.07, 6.45) is 11.0. The van der Waals surface area contributed by atoms with E-state index in [0.717, 1.165) is 22.5 Å². The minimum Gasteiger partial charge on any atom is -0.470 e. The summed E-state index contributed by atoms with van der Waals surface area (Å²) >= 11 is 0. The van der Waals surface area contributed by atoms with Gasteiger partial charge in [-0.05, 0) is 57.9 Å². The molecule has 1 atom stereocenters. The number of ketones is 1. The number of H-pyrrole nitrogens is 1. The third-order valence-corrected chi connectivity index (χ3v) is 4.95. The van der Waals surface area contributed by atoms with Crippen molar-refractivity contribution in [2.75, 3.05) is 12.4 Å².